The first-order valence-electron chi connectivity index (χ1n) is 8.01. The first-order chi connectivity index (χ1) is 9.29. The third kappa shape index (κ3) is 4.76. The smallest absolute Gasteiger partial charge is 0.135 e. The number of methoxy groups -OCH3 is 1. The molecule has 0 aliphatic heterocycles. The summed E-state index contributed by atoms with van der Waals surface area (Å²) in [6.45, 7) is 0. The summed E-state index contributed by atoms with van der Waals surface area (Å²) in [5.74, 6) is 1.62. The van der Waals surface area contributed by atoms with Gasteiger partial charge >= 0.3 is 0 Å². The zero-order valence-electron chi connectivity index (χ0n) is 12.3. The van der Waals surface area contributed by atoms with E-state index in [0.717, 1.165) is 38.0 Å². The topological polar surface area (TPSA) is 26.3 Å². The van der Waals surface area contributed by atoms with Crippen LogP contribution in [-0.2, 0) is 9.53 Å². The van der Waals surface area contributed by atoms with Gasteiger partial charge in [-0.3, -0.25) is 4.79 Å². The van der Waals surface area contributed by atoms with E-state index in [0.29, 0.717) is 17.8 Å². The number of allylic oxidation sites excluding steroid dienone is 2. The van der Waals surface area contributed by atoms with Crippen LogP contribution in [0.2, 0.25) is 0 Å². The fourth-order valence-corrected chi connectivity index (χ4v) is 3.46. The van der Waals surface area contributed by atoms with Gasteiger partial charge in [-0.25, -0.2) is 0 Å². The van der Waals surface area contributed by atoms with Crippen LogP contribution in [0, 0.1) is 11.8 Å². The molecular formula is C17H28O2. The molecule has 2 aliphatic rings. The highest BCUT2D eigenvalue weighted by Gasteiger charge is 2.21. The lowest BCUT2D eigenvalue weighted by Gasteiger charge is -2.25. The summed E-state index contributed by atoms with van der Waals surface area (Å²) < 4.78 is 5.39. The summed E-state index contributed by atoms with van der Waals surface area (Å²) in [6, 6.07) is 0. The Morgan fingerprint density at radius 1 is 1.16 bits per heavy atom. The van der Waals surface area contributed by atoms with Crippen molar-refractivity contribution in [1.82, 2.24) is 0 Å². The molecule has 2 nitrogen and oxygen atoms in total. The number of ketones is 1. The predicted molar refractivity (Wildman–Crippen MR) is 78.1 cm³/mol. The van der Waals surface area contributed by atoms with E-state index in [-0.39, 0.29) is 0 Å². The van der Waals surface area contributed by atoms with Gasteiger partial charge in [0.05, 0.1) is 6.10 Å². The number of hydrogen-bond donors (Lipinski definition) is 0. The Labute approximate surface area is 117 Å². The van der Waals surface area contributed by atoms with E-state index in [4.69, 9.17) is 4.74 Å². The van der Waals surface area contributed by atoms with E-state index in [9.17, 15) is 4.79 Å². The average molecular weight is 264 g/mol. The van der Waals surface area contributed by atoms with Gasteiger partial charge in [0, 0.05) is 19.4 Å². The Kier molecular flexibility index (Phi) is 6.09. The molecular weight excluding hydrogens is 236 g/mol. The number of ether oxygens (including phenoxy) is 1. The molecule has 108 valence electrons. The molecule has 0 saturated heterocycles. The molecule has 1 unspecified atom stereocenters. The molecule has 0 spiro atoms. The maximum Gasteiger partial charge on any atom is 0.135 e. The van der Waals surface area contributed by atoms with Gasteiger partial charge < -0.3 is 4.74 Å². The number of carbonyl (C=O) groups is 1. The number of hydrogen-bond acceptors (Lipinski definition) is 2. The van der Waals surface area contributed by atoms with Crippen LogP contribution in [0.15, 0.2) is 12.2 Å². The van der Waals surface area contributed by atoms with Crippen molar-refractivity contribution in [3.05, 3.63) is 12.2 Å². The van der Waals surface area contributed by atoms with Gasteiger partial charge in [0.25, 0.3) is 0 Å². The van der Waals surface area contributed by atoms with Crippen LogP contribution < -0.4 is 0 Å². The highest BCUT2D eigenvalue weighted by Crippen LogP contribution is 2.28. The predicted octanol–water partition coefficient (Wildman–Crippen LogP) is 4.29. The summed E-state index contributed by atoms with van der Waals surface area (Å²) in [5, 5.41) is 0. The molecule has 19 heavy (non-hydrogen) atoms. The van der Waals surface area contributed by atoms with E-state index in [1.165, 1.54) is 32.1 Å². The fourth-order valence-electron chi connectivity index (χ4n) is 3.46. The Hall–Kier alpha value is -0.630. The Bertz CT molecular complexity index is 300. The third-order valence-electron chi connectivity index (χ3n) is 4.82. The van der Waals surface area contributed by atoms with Crippen LogP contribution in [0.25, 0.3) is 0 Å². The van der Waals surface area contributed by atoms with E-state index < -0.39 is 0 Å². The molecule has 2 saturated carbocycles. The molecule has 0 N–H and O–H groups in total. The molecule has 0 aromatic rings. The molecule has 0 radical (unpaired) electrons. The maximum atomic E-state index is 11.7. The fraction of sp³-hybridized carbons (Fsp3) is 0.824. The summed E-state index contributed by atoms with van der Waals surface area (Å²) in [6.07, 6.45) is 16.6. The van der Waals surface area contributed by atoms with Crippen molar-refractivity contribution in [3.63, 3.8) is 0 Å². The summed E-state index contributed by atoms with van der Waals surface area (Å²) in [5.41, 5.74) is 0. The second-order valence-electron chi connectivity index (χ2n) is 6.19. The van der Waals surface area contributed by atoms with Gasteiger partial charge in [-0.15, -0.1) is 0 Å². The first kappa shape index (κ1) is 14.8. The summed E-state index contributed by atoms with van der Waals surface area (Å²) in [7, 11) is 1.82. The van der Waals surface area contributed by atoms with E-state index >= 15 is 0 Å². The Morgan fingerprint density at radius 3 is 2.63 bits per heavy atom. The largest absolute Gasteiger partial charge is 0.381 e. The van der Waals surface area contributed by atoms with Crippen molar-refractivity contribution in [3.8, 4) is 0 Å². The van der Waals surface area contributed by atoms with Crippen LogP contribution in [-0.4, -0.2) is 19.0 Å². The molecule has 0 amide bonds. The maximum absolute atomic E-state index is 11.7. The van der Waals surface area contributed by atoms with Crippen molar-refractivity contribution in [2.75, 3.05) is 7.11 Å². The molecule has 0 aromatic heterocycles. The normalized spacial score (nSPS) is 32.9. The van der Waals surface area contributed by atoms with Crippen molar-refractivity contribution >= 4 is 5.78 Å². The molecule has 0 bridgehead atoms. The number of rotatable bonds is 5. The molecule has 2 rings (SSSR count). The lowest BCUT2D eigenvalue weighted by Crippen LogP contribution is -2.19. The minimum Gasteiger partial charge on any atom is -0.381 e. The summed E-state index contributed by atoms with van der Waals surface area (Å²) in [4.78, 5) is 11.7. The van der Waals surface area contributed by atoms with E-state index in [2.05, 4.69) is 12.2 Å². The molecule has 2 heteroatoms. The Morgan fingerprint density at radius 2 is 1.95 bits per heavy atom. The van der Waals surface area contributed by atoms with Crippen molar-refractivity contribution in [2.24, 2.45) is 11.8 Å². The van der Waals surface area contributed by atoms with Crippen LogP contribution >= 0.6 is 0 Å². The molecule has 2 aliphatic carbocycles. The highest BCUT2D eigenvalue weighted by atomic mass is 16.5. The van der Waals surface area contributed by atoms with Crippen LogP contribution in [0.3, 0.4) is 0 Å². The number of Topliss-reactive ketones (excluding diaryl/α,β-unsaturated/α-hetero) is 1. The minimum absolute atomic E-state index is 0.364. The molecule has 1 atom stereocenters. The van der Waals surface area contributed by atoms with Crippen LogP contribution in [0.4, 0.5) is 0 Å². The molecule has 0 heterocycles. The van der Waals surface area contributed by atoms with Gasteiger partial charge in [0.15, 0.2) is 0 Å². The van der Waals surface area contributed by atoms with Crippen molar-refractivity contribution in [1.29, 1.82) is 0 Å². The second-order valence-corrected chi connectivity index (χ2v) is 6.19. The van der Waals surface area contributed by atoms with Crippen LogP contribution in [0.5, 0.6) is 0 Å². The van der Waals surface area contributed by atoms with Gasteiger partial charge in [-0.1, -0.05) is 18.6 Å². The van der Waals surface area contributed by atoms with Crippen molar-refractivity contribution in [2.45, 2.75) is 70.3 Å². The van der Waals surface area contributed by atoms with Gasteiger partial charge in [-0.05, 0) is 57.3 Å². The summed E-state index contributed by atoms with van der Waals surface area (Å²) >= 11 is 0. The molecule has 2 fully saturated rings. The lowest BCUT2D eigenvalue weighted by molar-refractivity contribution is -0.124. The van der Waals surface area contributed by atoms with Gasteiger partial charge in [-0.2, -0.15) is 0 Å². The second kappa shape index (κ2) is 7.84. The zero-order chi connectivity index (χ0) is 13.5. The third-order valence-corrected chi connectivity index (χ3v) is 4.82. The van der Waals surface area contributed by atoms with Crippen molar-refractivity contribution < 1.29 is 9.53 Å². The quantitative estimate of drug-likeness (QED) is 0.692. The van der Waals surface area contributed by atoms with E-state index in [1.54, 1.807) is 0 Å². The first-order valence-corrected chi connectivity index (χ1v) is 8.01. The monoisotopic (exact) mass is 264 g/mol. The zero-order valence-corrected chi connectivity index (χ0v) is 12.3. The standard InChI is InChI=1S/C17H28O2/c1-19-16-12-10-14(11-13-16)6-2-3-7-15-8-4-5-9-17(15)18/h2,6,14-16H,3-5,7-13H2,1H3. The Balaban J connectivity index is 1.62. The van der Waals surface area contributed by atoms with E-state index in [1.807, 2.05) is 7.11 Å². The minimum atomic E-state index is 0.364. The SMILES string of the molecule is COC1CCC(C=CCCC2CCCCC2=O)CC1. The van der Waals surface area contributed by atoms with Crippen LogP contribution in [0.1, 0.15) is 64.2 Å². The van der Waals surface area contributed by atoms with Gasteiger partial charge in [0.1, 0.15) is 5.78 Å². The molecule has 0 aromatic carbocycles. The lowest BCUT2D eigenvalue weighted by atomic mass is 9.84. The van der Waals surface area contributed by atoms with Gasteiger partial charge in [0.2, 0.25) is 0 Å². The number of carbonyl (C=O) groups excluding carboxylic acids is 1. The average Bonchev–Trinajstić information content (AvgIpc) is 2.46. The highest BCUT2D eigenvalue weighted by molar-refractivity contribution is 5.81.